The second-order valence-electron chi connectivity index (χ2n) is 4.04. The highest BCUT2D eigenvalue weighted by Gasteiger charge is 2.11. The molecule has 1 aromatic carbocycles. The van der Waals surface area contributed by atoms with Gasteiger partial charge in [0.05, 0.1) is 5.56 Å². The molecule has 0 unspecified atom stereocenters. The summed E-state index contributed by atoms with van der Waals surface area (Å²) in [4.78, 5) is 22.1. The van der Waals surface area contributed by atoms with Gasteiger partial charge < -0.3 is 15.7 Å². The Balaban J connectivity index is 2.44. The van der Waals surface area contributed by atoms with Crippen LogP contribution < -0.4 is 10.6 Å². The number of nitrogens with one attached hydrogen (secondary N) is 2. The first-order valence-corrected chi connectivity index (χ1v) is 6.05. The van der Waals surface area contributed by atoms with Gasteiger partial charge >= 0.3 is 12.0 Å². The van der Waals surface area contributed by atoms with E-state index in [0.29, 0.717) is 13.0 Å². The minimum Gasteiger partial charge on any atom is -0.478 e. The summed E-state index contributed by atoms with van der Waals surface area (Å²) in [5.41, 5.74) is -0.251. The molecule has 0 bridgehead atoms. The van der Waals surface area contributed by atoms with E-state index < -0.39 is 23.4 Å². The Morgan fingerprint density at radius 3 is 2.70 bits per heavy atom. The number of carbonyl (C=O) groups excluding carboxylic acids is 1. The number of amides is 2. The molecular weight excluding hydrogens is 263 g/mol. The lowest BCUT2D eigenvalue weighted by Crippen LogP contribution is -2.29. The van der Waals surface area contributed by atoms with Gasteiger partial charge in [0, 0.05) is 18.7 Å². The van der Waals surface area contributed by atoms with E-state index in [4.69, 9.17) is 11.5 Å². The molecule has 1 aromatic rings. The lowest BCUT2D eigenvalue weighted by Gasteiger charge is -2.08. The lowest BCUT2D eigenvalue weighted by molar-refractivity contribution is 0.0692. The number of aromatic carboxylic acids is 1. The zero-order valence-electron chi connectivity index (χ0n) is 10.8. The zero-order chi connectivity index (χ0) is 15.0. The van der Waals surface area contributed by atoms with E-state index in [1.165, 1.54) is 6.07 Å². The minimum atomic E-state index is -1.35. The van der Waals surface area contributed by atoms with E-state index in [2.05, 4.69) is 16.6 Å². The maximum Gasteiger partial charge on any atom is 0.338 e. The Hall–Kier alpha value is -2.55. The molecule has 2 amide bonds. The van der Waals surface area contributed by atoms with Crippen LogP contribution in [-0.4, -0.2) is 23.7 Å². The number of terminal acetylenes is 1. The second kappa shape index (κ2) is 7.79. The molecule has 0 atom stereocenters. The topological polar surface area (TPSA) is 78.4 Å². The Bertz CT molecular complexity index is 538. The van der Waals surface area contributed by atoms with Crippen molar-refractivity contribution < 1.29 is 19.1 Å². The maximum absolute atomic E-state index is 13.4. The van der Waals surface area contributed by atoms with Gasteiger partial charge in [0.25, 0.3) is 0 Å². The molecule has 0 saturated carbocycles. The largest absolute Gasteiger partial charge is 0.478 e. The molecule has 5 nitrogen and oxygen atoms in total. The van der Waals surface area contributed by atoms with Gasteiger partial charge in [-0.2, -0.15) is 0 Å². The van der Waals surface area contributed by atoms with Crippen LogP contribution in [0.1, 0.15) is 29.6 Å². The molecule has 1 rings (SSSR count). The summed E-state index contributed by atoms with van der Waals surface area (Å²) in [5, 5.41) is 13.7. The quantitative estimate of drug-likeness (QED) is 0.552. The number of unbranched alkanes of at least 4 members (excludes halogenated alkanes) is 2. The van der Waals surface area contributed by atoms with Gasteiger partial charge in [0.1, 0.15) is 5.82 Å². The maximum atomic E-state index is 13.4. The number of hydrogen-bond acceptors (Lipinski definition) is 2. The highest BCUT2D eigenvalue weighted by atomic mass is 19.1. The SMILES string of the molecule is C#CCCCCNC(=O)Nc1ccc(C(=O)O)c(F)c1. The number of carbonyl (C=O) groups is 2. The number of halogens is 1. The van der Waals surface area contributed by atoms with Crippen molar-refractivity contribution in [3.63, 3.8) is 0 Å². The first kappa shape index (κ1) is 15.5. The summed E-state index contributed by atoms with van der Waals surface area (Å²) in [5.74, 6) is 0.245. The molecule has 0 fully saturated rings. The summed E-state index contributed by atoms with van der Waals surface area (Å²) in [6.45, 7) is 0.462. The van der Waals surface area contributed by atoms with Gasteiger partial charge in [-0.1, -0.05) is 0 Å². The van der Waals surface area contributed by atoms with Crippen molar-refractivity contribution in [3.05, 3.63) is 29.6 Å². The van der Waals surface area contributed by atoms with E-state index in [1.807, 2.05) is 0 Å². The fourth-order valence-electron chi connectivity index (χ4n) is 1.50. The Morgan fingerprint density at radius 1 is 1.35 bits per heavy atom. The Morgan fingerprint density at radius 2 is 2.10 bits per heavy atom. The van der Waals surface area contributed by atoms with Crippen LogP contribution in [0.25, 0.3) is 0 Å². The molecule has 0 radical (unpaired) electrons. The van der Waals surface area contributed by atoms with E-state index in [0.717, 1.165) is 25.0 Å². The Labute approximate surface area is 116 Å². The lowest BCUT2D eigenvalue weighted by atomic mass is 10.2. The number of hydrogen-bond donors (Lipinski definition) is 3. The number of rotatable bonds is 6. The molecule has 0 aliphatic rings. The Kier molecular flexibility index (Phi) is 6.04. The predicted molar refractivity (Wildman–Crippen MR) is 73.1 cm³/mol. The van der Waals surface area contributed by atoms with Gasteiger partial charge in [0.15, 0.2) is 0 Å². The summed E-state index contributed by atoms with van der Waals surface area (Å²) < 4.78 is 13.4. The van der Waals surface area contributed by atoms with Crippen LogP contribution in [0.4, 0.5) is 14.9 Å². The van der Waals surface area contributed by atoms with Gasteiger partial charge in [0.2, 0.25) is 0 Å². The van der Waals surface area contributed by atoms with Gasteiger partial charge in [-0.05, 0) is 31.0 Å². The summed E-state index contributed by atoms with van der Waals surface area (Å²) in [7, 11) is 0. The average molecular weight is 278 g/mol. The summed E-state index contributed by atoms with van der Waals surface area (Å²) >= 11 is 0. The summed E-state index contributed by atoms with van der Waals surface area (Å²) in [6.07, 6.45) is 7.32. The first-order valence-electron chi connectivity index (χ1n) is 6.05. The highest BCUT2D eigenvalue weighted by Crippen LogP contribution is 2.14. The van der Waals surface area contributed by atoms with Crippen LogP contribution >= 0.6 is 0 Å². The third-order valence-electron chi connectivity index (χ3n) is 2.49. The number of benzene rings is 1. The molecular formula is C14H15FN2O3. The highest BCUT2D eigenvalue weighted by molar-refractivity contribution is 5.91. The third-order valence-corrected chi connectivity index (χ3v) is 2.49. The molecule has 0 spiro atoms. The van der Waals surface area contributed by atoms with Crippen molar-refractivity contribution in [2.24, 2.45) is 0 Å². The van der Waals surface area contributed by atoms with Crippen LogP contribution in [0, 0.1) is 18.2 Å². The monoisotopic (exact) mass is 278 g/mol. The molecule has 0 heterocycles. The normalized spacial score (nSPS) is 9.60. The fourth-order valence-corrected chi connectivity index (χ4v) is 1.50. The zero-order valence-corrected chi connectivity index (χ0v) is 10.8. The van der Waals surface area contributed by atoms with Crippen LogP contribution in [0.15, 0.2) is 18.2 Å². The van der Waals surface area contributed by atoms with Crippen molar-refractivity contribution in [1.29, 1.82) is 0 Å². The number of urea groups is 1. The van der Waals surface area contributed by atoms with Crippen LogP contribution in [0.3, 0.4) is 0 Å². The molecule has 0 saturated heterocycles. The molecule has 0 aromatic heterocycles. The van der Waals surface area contributed by atoms with E-state index in [1.54, 1.807) is 0 Å². The van der Waals surface area contributed by atoms with Crippen molar-refractivity contribution in [2.45, 2.75) is 19.3 Å². The molecule has 0 aliphatic carbocycles. The third kappa shape index (κ3) is 4.98. The molecule has 20 heavy (non-hydrogen) atoms. The smallest absolute Gasteiger partial charge is 0.338 e. The van der Waals surface area contributed by atoms with Crippen molar-refractivity contribution in [2.75, 3.05) is 11.9 Å². The predicted octanol–water partition coefficient (Wildman–Crippen LogP) is 2.45. The van der Waals surface area contributed by atoms with E-state index in [9.17, 15) is 14.0 Å². The van der Waals surface area contributed by atoms with E-state index in [-0.39, 0.29) is 5.69 Å². The number of carboxylic acid groups (broad SMARTS) is 1. The standard InChI is InChI=1S/C14H15FN2O3/c1-2-3-4-5-8-16-14(20)17-10-6-7-11(13(18)19)12(15)9-10/h1,6-7,9H,3-5,8H2,(H,18,19)(H2,16,17,20). The van der Waals surface area contributed by atoms with Gasteiger partial charge in [-0.3, -0.25) is 0 Å². The van der Waals surface area contributed by atoms with Crippen LogP contribution in [-0.2, 0) is 0 Å². The first-order chi connectivity index (χ1) is 9.54. The average Bonchev–Trinajstić information content (AvgIpc) is 2.38. The van der Waals surface area contributed by atoms with Crippen molar-refractivity contribution in [3.8, 4) is 12.3 Å². The van der Waals surface area contributed by atoms with Crippen molar-refractivity contribution in [1.82, 2.24) is 5.32 Å². The van der Waals surface area contributed by atoms with Crippen molar-refractivity contribution >= 4 is 17.7 Å². The molecule has 0 aliphatic heterocycles. The minimum absolute atomic E-state index is 0.189. The van der Waals surface area contributed by atoms with Crippen LogP contribution in [0.2, 0.25) is 0 Å². The second-order valence-corrected chi connectivity index (χ2v) is 4.04. The van der Waals surface area contributed by atoms with E-state index >= 15 is 0 Å². The van der Waals surface area contributed by atoms with Crippen LogP contribution in [0.5, 0.6) is 0 Å². The molecule has 106 valence electrons. The number of anilines is 1. The fraction of sp³-hybridized carbons (Fsp3) is 0.286. The number of carboxylic acids is 1. The molecule has 6 heteroatoms. The molecule has 3 N–H and O–H groups in total. The van der Waals surface area contributed by atoms with Gasteiger partial charge in [-0.25, -0.2) is 14.0 Å². The van der Waals surface area contributed by atoms with Gasteiger partial charge in [-0.15, -0.1) is 12.3 Å². The summed E-state index contributed by atoms with van der Waals surface area (Å²) in [6, 6.07) is 2.90.